The Bertz CT molecular complexity index is 998. The van der Waals surface area contributed by atoms with Crippen LogP contribution in [0, 0.1) is 5.92 Å². The number of para-hydroxylation sites is 1. The van der Waals surface area contributed by atoms with Crippen LogP contribution in [0.25, 0.3) is 10.8 Å². The molecule has 28 heavy (non-hydrogen) atoms. The minimum atomic E-state index is -0.666. The summed E-state index contributed by atoms with van der Waals surface area (Å²) in [6.45, 7) is 4.19. The third kappa shape index (κ3) is 4.40. The van der Waals surface area contributed by atoms with Crippen LogP contribution in [-0.4, -0.2) is 23.8 Å². The molecule has 2 N–H and O–H groups in total. The molecule has 3 aromatic carbocycles. The number of esters is 1. The number of anilines is 1. The van der Waals surface area contributed by atoms with Gasteiger partial charge in [0.15, 0.2) is 0 Å². The zero-order valence-corrected chi connectivity index (χ0v) is 15.6. The number of ether oxygens (including phenoxy) is 2. The van der Waals surface area contributed by atoms with Crippen molar-refractivity contribution >= 4 is 28.5 Å². The van der Waals surface area contributed by atoms with Crippen LogP contribution in [0.4, 0.5) is 10.5 Å². The molecule has 0 aromatic heterocycles. The Morgan fingerprint density at radius 1 is 0.964 bits per heavy atom. The Hall–Kier alpha value is -3.54. The van der Waals surface area contributed by atoms with Gasteiger partial charge in [-0.3, -0.25) is 5.32 Å². The minimum absolute atomic E-state index is 0.0379. The second-order valence-corrected chi connectivity index (χ2v) is 6.68. The molecule has 0 spiro atoms. The molecular weight excluding hydrogens is 358 g/mol. The number of hydrogen-bond acceptors (Lipinski definition) is 5. The summed E-state index contributed by atoms with van der Waals surface area (Å²) in [5.41, 5.74) is 0.514. The first-order valence-corrected chi connectivity index (χ1v) is 8.91. The predicted molar refractivity (Wildman–Crippen MR) is 107 cm³/mol. The lowest BCUT2D eigenvalue weighted by molar-refractivity contribution is 0.0732. The van der Waals surface area contributed by atoms with Gasteiger partial charge in [-0.05, 0) is 30.2 Å². The molecule has 0 radical (unpaired) electrons. The highest BCUT2D eigenvalue weighted by atomic mass is 16.5. The number of phenolic OH excluding ortho intramolecular Hbond substituents is 1. The molecule has 0 saturated heterocycles. The van der Waals surface area contributed by atoms with Crippen molar-refractivity contribution in [2.24, 2.45) is 5.92 Å². The van der Waals surface area contributed by atoms with E-state index in [4.69, 9.17) is 9.47 Å². The zero-order valence-electron chi connectivity index (χ0n) is 15.6. The molecule has 3 aromatic rings. The van der Waals surface area contributed by atoms with Gasteiger partial charge in [0, 0.05) is 10.8 Å². The number of phenols is 1. The third-order valence-electron chi connectivity index (χ3n) is 3.99. The van der Waals surface area contributed by atoms with E-state index < -0.39 is 12.1 Å². The van der Waals surface area contributed by atoms with Gasteiger partial charge in [0.2, 0.25) is 0 Å². The standard InChI is InChI=1S/C22H21NO5/c1-14(2)13-27-22(26)23-19-10-6-9-17-16(19)11-12-18(20(17)24)21(25)28-15-7-4-3-5-8-15/h3-12,14,24H,13H2,1-2H3,(H,23,26). The van der Waals surface area contributed by atoms with Crippen LogP contribution in [0.1, 0.15) is 24.2 Å². The number of nitrogens with one attached hydrogen (secondary N) is 1. The fourth-order valence-corrected chi connectivity index (χ4v) is 2.65. The van der Waals surface area contributed by atoms with Gasteiger partial charge in [-0.2, -0.15) is 0 Å². The maximum absolute atomic E-state index is 12.4. The molecule has 144 valence electrons. The van der Waals surface area contributed by atoms with Gasteiger partial charge in [-0.25, -0.2) is 9.59 Å². The summed E-state index contributed by atoms with van der Waals surface area (Å²) in [6.07, 6.45) is -0.576. The van der Waals surface area contributed by atoms with Crippen LogP contribution in [-0.2, 0) is 4.74 Å². The lowest BCUT2D eigenvalue weighted by Gasteiger charge is -2.13. The van der Waals surface area contributed by atoms with E-state index in [2.05, 4.69) is 5.32 Å². The van der Waals surface area contributed by atoms with Gasteiger partial charge >= 0.3 is 12.1 Å². The molecule has 0 aliphatic heterocycles. The number of fused-ring (bicyclic) bond motifs is 1. The van der Waals surface area contributed by atoms with E-state index in [-0.39, 0.29) is 17.2 Å². The zero-order chi connectivity index (χ0) is 20.1. The van der Waals surface area contributed by atoms with Gasteiger partial charge < -0.3 is 14.6 Å². The SMILES string of the molecule is CC(C)COC(=O)Nc1cccc2c(O)c(C(=O)Oc3ccccc3)ccc12. The first kappa shape index (κ1) is 19.2. The summed E-state index contributed by atoms with van der Waals surface area (Å²) in [6, 6.07) is 16.8. The molecule has 6 nitrogen and oxygen atoms in total. The first-order valence-electron chi connectivity index (χ1n) is 8.91. The molecule has 0 aliphatic carbocycles. The summed E-state index contributed by atoms with van der Waals surface area (Å²) in [5, 5.41) is 14.3. The Kier molecular flexibility index (Phi) is 5.79. The van der Waals surface area contributed by atoms with Crippen LogP contribution < -0.4 is 10.1 Å². The van der Waals surface area contributed by atoms with E-state index in [0.29, 0.717) is 28.8 Å². The van der Waals surface area contributed by atoms with Crippen LogP contribution >= 0.6 is 0 Å². The lowest BCUT2D eigenvalue weighted by Crippen LogP contribution is -2.16. The van der Waals surface area contributed by atoms with Gasteiger partial charge in [0.05, 0.1) is 12.3 Å². The molecule has 0 saturated carbocycles. The summed E-state index contributed by atoms with van der Waals surface area (Å²) in [7, 11) is 0. The second kappa shape index (κ2) is 8.43. The van der Waals surface area contributed by atoms with E-state index >= 15 is 0 Å². The van der Waals surface area contributed by atoms with Crippen LogP contribution in [0.2, 0.25) is 0 Å². The molecule has 6 heteroatoms. The van der Waals surface area contributed by atoms with E-state index in [9.17, 15) is 14.7 Å². The Morgan fingerprint density at radius 3 is 2.43 bits per heavy atom. The monoisotopic (exact) mass is 379 g/mol. The summed E-state index contributed by atoms with van der Waals surface area (Å²) in [4.78, 5) is 24.4. The van der Waals surface area contributed by atoms with Crippen molar-refractivity contribution < 1.29 is 24.2 Å². The predicted octanol–water partition coefficient (Wildman–Crippen LogP) is 4.97. The number of benzene rings is 3. The number of carbonyl (C=O) groups is 2. The Morgan fingerprint density at radius 2 is 1.71 bits per heavy atom. The number of hydrogen-bond donors (Lipinski definition) is 2. The summed E-state index contributed by atoms with van der Waals surface area (Å²) >= 11 is 0. The maximum atomic E-state index is 12.4. The molecule has 0 atom stereocenters. The normalized spacial score (nSPS) is 10.7. The maximum Gasteiger partial charge on any atom is 0.411 e. The van der Waals surface area contributed by atoms with Crippen molar-refractivity contribution in [2.45, 2.75) is 13.8 Å². The molecule has 0 bridgehead atoms. The highest BCUT2D eigenvalue weighted by Gasteiger charge is 2.18. The average Bonchev–Trinajstić information content (AvgIpc) is 2.68. The average molecular weight is 379 g/mol. The smallest absolute Gasteiger partial charge is 0.411 e. The third-order valence-corrected chi connectivity index (χ3v) is 3.99. The molecular formula is C22H21NO5. The molecule has 1 amide bonds. The number of rotatable bonds is 5. The van der Waals surface area contributed by atoms with Crippen molar-refractivity contribution in [1.29, 1.82) is 0 Å². The van der Waals surface area contributed by atoms with E-state index in [1.54, 1.807) is 48.5 Å². The van der Waals surface area contributed by atoms with Crippen LogP contribution in [0.3, 0.4) is 0 Å². The molecule has 0 unspecified atom stereocenters. The second-order valence-electron chi connectivity index (χ2n) is 6.68. The molecule has 0 heterocycles. The number of aromatic hydroxyl groups is 1. The summed E-state index contributed by atoms with van der Waals surface area (Å²) < 4.78 is 10.4. The number of carbonyl (C=O) groups excluding carboxylic acids is 2. The lowest BCUT2D eigenvalue weighted by atomic mass is 10.0. The van der Waals surface area contributed by atoms with Crippen molar-refractivity contribution in [3.63, 3.8) is 0 Å². The fraction of sp³-hybridized carbons (Fsp3) is 0.182. The van der Waals surface area contributed by atoms with Gasteiger partial charge in [-0.1, -0.05) is 50.2 Å². The van der Waals surface area contributed by atoms with Crippen LogP contribution in [0.5, 0.6) is 11.5 Å². The van der Waals surface area contributed by atoms with E-state index in [1.165, 1.54) is 6.07 Å². The molecule has 0 aliphatic rings. The van der Waals surface area contributed by atoms with Gasteiger partial charge in [-0.15, -0.1) is 0 Å². The van der Waals surface area contributed by atoms with Crippen molar-refractivity contribution in [1.82, 2.24) is 0 Å². The largest absolute Gasteiger partial charge is 0.506 e. The van der Waals surface area contributed by atoms with E-state index in [0.717, 1.165) is 0 Å². The molecule has 0 fully saturated rings. The Labute approximate surface area is 162 Å². The van der Waals surface area contributed by atoms with E-state index in [1.807, 2.05) is 19.9 Å². The molecule has 3 rings (SSSR count). The van der Waals surface area contributed by atoms with Gasteiger partial charge in [0.25, 0.3) is 0 Å². The first-order chi connectivity index (χ1) is 13.5. The van der Waals surface area contributed by atoms with Crippen molar-refractivity contribution in [3.8, 4) is 11.5 Å². The quantitative estimate of drug-likeness (QED) is 0.483. The fourth-order valence-electron chi connectivity index (χ4n) is 2.65. The van der Waals surface area contributed by atoms with Crippen LogP contribution in [0.15, 0.2) is 60.7 Å². The van der Waals surface area contributed by atoms with Crippen molar-refractivity contribution in [3.05, 3.63) is 66.2 Å². The highest BCUT2D eigenvalue weighted by molar-refractivity contribution is 6.07. The minimum Gasteiger partial charge on any atom is -0.506 e. The highest BCUT2D eigenvalue weighted by Crippen LogP contribution is 2.33. The number of amides is 1. The Balaban J connectivity index is 1.86. The van der Waals surface area contributed by atoms with Gasteiger partial charge in [0.1, 0.15) is 17.1 Å². The summed E-state index contributed by atoms with van der Waals surface area (Å²) in [5.74, 6) is -0.270. The topological polar surface area (TPSA) is 84.9 Å². The van der Waals surface area contributed by atoms with Crippen molar-refractivity contribution in [2.75, 3.05) is 11.9 Å².